The molecule has 0 radical (unpaired) electrons. The molecule has 152 valence electrons. The van der Waals surface area contributed by atoms with Gasteiger partial charge in [0.15, 0.2) is 5.82 Å². The van der Waals surface area contributed by atoms with Crippen molar-refractivity contribution in [3.05, 3.63) is 65.4 Å². The number of benzene rings is 2. The molecule has 0 saturated carbocycles. The zero-order valence-corrected chi connectivity index (χ0v) is 17.3. The molecule has 8 heteroatoms. The van der Waals surface area contributed by atoms with E-state index in [2.05, 4.69) is 20.6 Å². The van der Waals surface area contributed by atoms with Crippen molar-refractivity contribution in [2.45, 2.75) is 12.8 Å². The summed E-state index contributed by atoms with van der Waals surface area (Å²) in [5.41, 5.74) is 3.79. The van der Waals surface area contributed by atoms with E-state index in [9.17, 15) is 9.59 Å². The lowest BCUT2D eigenvalue weighted by Gasteiger charge is -2.28. The fourth-order valence-electron chi connectivity index (χ4n) is 3.41. The first kappa shape index (κ1) is 19.8. The summed E-state index contributed by atoms with van der Waals surface area (Å²) in [7, 11) is 1.82. The van der Waals surface area contributed by atoms with E-state index in [1.807, 2.05) is 55.3 Å². The van der Waals surface area contributed by atoms with Crippen molar-refractivity contribution in [2.24, 2.45) is 0 Å². The van der Waals surface area contributed by atoms with Gasteiger partial charge in [-0.1, -0.05) is 35.9 Å². The molecule has 0 aliphatic carbocycles. The molecule has 0 fully saturated rings. The molecule has 0 unspecified atom stereocenters. The molecule has 0 saturated heterocycles. The first-order chi connectivity index (χ1) is 14.4. The van der Waals surface area contributed by atoms with Gasteiger partial charge in [-0.3, -0.25) is 9.59 Å². The minimum absolute atomic E-state index is 0.119. The summed E-state index contributed by atoms with van der Waals surface area (Å²) in [6.45, 7) is 2.07. The van der Waals surface area contributed by atoms with E-state index >= 15 is 0 Å². The quantitative estimate of drug-likeness (QED) is 0.666. The van der Waals surface area contributed by atoms with E-state index in [0.29, 0.717) is 22.2 Å². The Balaban J connectivity index is 1.60. The van der Waals surface area contributed by atoms with Gasteiger partial charge in [0, 0.05) is 23.3 Å². The summed E-state index contributed by atoms with van der Waals surface area (Å²) in [4.78, 5) is 34.9. The van der Waals surface area contributed by atoms with Gasteiger partial charge in [0.2, 0.25) is 11.8 Å². The molecule has 1 aliphatic rings. The number of halogens is 1. The van der Waals surface area contributed by atoms with Crippen LogP contribution in [0.4, 0.5) is 17.2 Å². The van der Waals surface area contributed by atoms with Crippen molar-refractivity contribution in [3.63, 3.8) is 0 Å². The lowest BCUT2D eigenvalue weighted by Crippen LogP contribution is -2.36. The van der Waals surface area contributed by atoms with Gasteiger partial charge in [-0.2, -0.15) is 0 Å². The Morgan fingerprint density at radius 2 is 1.97 bits per heavy atom. The average molecular weight is 422 g/mol. The number of hydrogen-bond donors (Lipinski definition) is 2. The summed E-state index contributed by atoms with van der Waals surface area (Å²) < 4.78 is 0. The van der Waals surface area contributed by atoms with Gasteiger partial charge < -0.3 is 15.5 Å². The first-order valence-electron chi connectivity index (χ1n) is 9.45. The number of anilines is 3. The average Bonchev–Trinajstić information content (AvgIpc) is 2.73. The SMILES string of the molecule is C[C@H](C(=O)Nc1cccc(-c2ncnc3c2N(C)CC(=O)N3)c1)c1ccc(Cl)cc1. The molecule has 0 spiro atoms. The number of rotatable bonds is 4. The monoisotopic (exact) mass is 421 g/mol. The highest BCUT2D eigenvalue weighted by Gasteiger charge is 2.25. The van der Waals surface area contributed by atoms with E-state index in [1.54, 1.807) is 12.1 Å². The largest absolute Gasteiger partial charge is 0.361 e. The maximum Gasteiger partial charge on any atom is 0.245 e. The van der Waals surface area contributed by atoms with Gasteiger partial charge in [0.05, 0.1) is 18.2 Å². The van der Waals surface area contributed by atoms with Gasteiger partial charge >= 0.3 is 0 Å². The molecule has 2 N–H and O–H groups in total. The molecule has 1 aliphatic heterocycles. The zero-order chi connectivity index (χ0) is 21.3. The normalized spacial score (nSPS) is 14.0. The lowest BCUT2D eigenvalue weighted by molar-refractivity contribution is -0.117. The van der Waals surface area contributed by atoms with Crippen molar-refractivity contribution >= 4 is 40.6 Å². The van der Waals surface area contributed by atoms with Crippen LogP contribution in [0, 0.1) is 0 Å². The second-order valence-electron chi connectivity index (χ2n) is 7.17. The van der Waals surface area contributed by atoms with Crippen LogP contribution < -0.4 is 15.5 Å². The number of nitrogens with zero attached hydrogens (tertiary/aromatic N) is 3. The van der Waals surface area contributed by atoms with Crippen molar-refractivity contribution in [2.75, 3.05) is 29.1 Å². The standard InChI is InChI=1S/C22H20ClN5O2/c1-13(14-6-8-16(23)9-7-14)22(30)26-17-5-3-4-15(10-17)19-20-21(25-12-24-19)27-18(29)11-28(20)2/h3-10,12-13H,11H2,1-2H3,(H,26,30)(H,24,25,27,29)/t13-/m0/s1. The summed E-state index contributed by atoms with van der Waals surface area (Å²) >= 11 is 5.93. The van der Waals surface area contributed by atoms with Crippen LogP contribution in [-0.2, 0) is 9.59 Å². The number of hydrogen-bond acceptors (Lipinski definition) is 5. The van der Waals surface area contributed by atoms with Crippen LogP contribution in [-0.4, -0.2) is 35.4 Å². The van der Waals surface area contributed by atoms with Crippen molar-refractivity contribution < 1.29 is 9.59 Å². The fraction of sp³-hybridized carbons (Fsp3) is 0.182. The number of amides is 2. The van der Waals surface area contributed by atoms with Gasteiger partial charge in [-0.05, 0) is 36.8 Å². The van der Waals surface area contributed by atoms with Gasteiger partial charge in [-0.25, -0.2) is 9.97 Å². The van der Waals surface area contributed by atoms with Crippen molar-refractivity contribution in [3.8, 4) is 11.3 Å². The molecule has 3 aromatic rings. The van der Waals surface area contributed by atoms with E-state index in [1.165, 1.54) is 6.33 Å². The number of carbonyl (C=O) groups excluding carboxylic acids is 2. The maximum atomic E-state index is 12.7. The molecule has 2 heterocycles. The van der Waals surface area contributed by atoms with E-state index in [-0.39, 0.29) is 24.3 Å². The molecule has 7 nitrogen and oxygen atoms in total. The van der Waals surface area contributed by atoms with Crippen molar-refractivity contribution in [1.29, 1.82) is 0 Å². The molecule has 1 aromatic heterocycles. The van der Waals surface area contributed by atoms with Gasteiger partial charge in [0.1, 0.15) is 12.0 Å². The summed E-state index contributed by atoms with van der Waals surface area (Å²) in [6.07, 6.45) is 1.42. The molecule has 2 aromatic carbocycles. The lowest BCUT2D eigenvalue weighted by atomic mass is 10.0. The fourth-order valence-corrected chi connectivity index (χ4v) is 3.53. The van der Waals surface area contributed by atoms with E-state index in [0.717, 1.165) is 16.8 Å². The Kier molecular flexibility index (Phi) is 5.37. The van der Waals surface area contributed by atoms with Gasteiger partial charge in [-0.15, -0.1) is 0 Å². The molecular weight excluding hydrogens is 402 g/mol. The van der Waals surface area contributed by atoms with Crippen LogP contribution >= 0.6 is 11.6 Å². The third kappa shape index (κ3) is 3.97. The van der Waals surface area contributed by atoms with Gasteiger partial charge in [0.25, 0.3) is 0 Å². The second-order valence-corrected chi connectivity index (χ2v) is 7.60. The zero-order valence-electron chi connectivity index (χ0n) is 16.5. The summed E-state index contributed by atoms with van der Waals surface area (Å²) in [5, 5.41) is 6.37. The smallest absolute Gasteiger partial charge is 0.245 e. The molecule has 1 atom stereocenters. The minimum atomic E-state index is -0.334. The third-order valence-corrected chi connectivity index (χ3v) is 5.26. The topological polar surface area (TPSA) is 87.2 Å². The minimum Gasteiger partial charge on any atom is -0.361 e. The highest BCUT2D eigenvalue weighted by Crippen LogP contribution is 2.36. The molecule has 0 bridgehead atoms. The highest BCUT2D eigenvalue weighted by molar-refractivity contribution is 6.30. The Bertz CT molecular complexity index is 1120. The predicted molar refractivity (Wildman–Crippen MR) is 118 cm³/mol. The van der Waals surface area contributed by atoms with E-state index < -0.39 is 0 Å². The number of carbonyl (C=O) groups is 2. The first-order valence-corrected chi connectivity index (χ1v) is 9.83. The van der Waals surface area contributed by atoms with Crippen molar-refractivity contribution in [1.82, 2.24) is 9.97 Å². The number of aromatic nitrogens is 2. The van der Waals surface area contributed by atoms with Crippen LogP contribution in [0.25, 0.3) is 11.3 Å². The molecule has 4 rings (SSSR count). The van der Waals surface area contributed by atoms with Crippen LogP contribution in [0.15, 0.2) is 54.9 Å². The van der Waals surface area contributed by atoms with Crippen LogP contribution in [0.5, 0.6) is 0 Å². The number of nitrogens with one attached hydrogen (secondary N) is 2. The van der Waals surface area contributed by atoms with E-state index in [4.69, 9.17) is 11.6 Å². The third-order valence-electron chi connectivity index (χ3n) is 5.01. The Labute approximate surface area is 179 Å². The highest BCUT2D eigenvalue weighted by atomic mass is 35.5. The number of fused-ring (bicyclic) bond motifs is 1. The summed E-state index contributed by atoms with van der Waals surface area (Å²) in [6, 6.07) is 14.7. The van der Waals surface area contributed by atoms with Crippen LogP contribution in [0.1, 0.15) is 18.4 Å². The maximum absolute atomic E-state index is 12.7. The predicted octanol–water partition coefficient (Wildman–Crippen LogP) is 3.93. The Morgan fingerprint density at radius 3 is 2.73 bits per heavy atom. The molecular formula is C22H20ClN5O2. The summed E-state index contributed by atoms with van der Waals surface area (Å²) in [5.74, 6) is -0.0981. The number of likely N-dealkylation sites (N-methyl/N-ethyl adjacent to an activating group) is 1. The molecule has 2 amide bonds. The van der Waals surface area contributed by atoms with Crippen LogP contribution in [0.3, 0.4) is 0 Å². The molecule has 30 heavy (non-hydrogen) atoms. The Hall–Kier alpha value is -3.45. The van der Waals surface area contributed by atoms with Crippen LogP contribution in [0.2, 0.25) is 5.02 Å². The second kappa shape index (κ2) is 8.12. The Morgan fingerprint density at radius 1 is 1.20 bits per heavy atom.